The van der Waals surface area contributed by atoms with Crippen LogP contribution in [0.4, 0.5) is 5.69 Å². The van der Waals surface area contributed by atoms with Crippen LogP contribution in [-0.4, -0.2) is 44.6 Å². The number of amides is 1. The average Bonchev–Trinajstić information content (AvgIpc) is 2.82. The SMILES string of the molecule is C[C@@H]1Cc2cc(C(=O)N3CCCCC3)ccc2N1S(C)(=O)=O. The molecule has 2 aliphatic heterocycles. The minimum Gasteiger partial charge on any atom is -0.339 e. The molecular formula is C16H22N2O3S. The van der Waals surface area contributed by atoms with Crippen LogP contribution in [0.15, 0.2) is 18.2 Å². The van der Waals surface area contributed by atoms with Gasteiger partial charge < -0.3 is 4.90 Å². The Bertz CT molecular complexity index is 693. The molecule has 0 aromatic heterocycles. The number of carbonyl (C=O) groups is 1. The predicted molar refractivity (Wildman–Crippen MR) is 86.7 cm³/mol. The molecule has 0 saturated carbocycles. The van der Waals surface area contributed by atoms with Gasteiger partial charge in [0.15, 0.2) is 0 Å². The number of likely N-dealkylation sites (tertiary alicyclic amines) is 1. The van der Waals surface area contributed by atoms with Gasteiger partial charge in [-0.1, -0.05) is 0 Å². The maximum atomic E-state index is 12.6. The number of nitrogens with zero attached hydrogens (tertiary/aromatic N) is 2. The zero-order chi connectivity index (χ0) is 15.9. The topological polar surface area (TPSA) is 57.7 Å². The second kappa shape index (κ2) is 5.57. The van der Waals surface area contributed by atoms with Gasteiger partial charge in [0.2, 0.25) is 10.0 Å². The second-order valence-electron chi connectivity index (χ2n) is 6.31. The number of sulfonamides is 1. The average molecular weight is 322 g/mol. The summed E-state index contributed by atoms with van der Waals surface area (Å²) in [6.07, 6.45) is 5.20. The molecule has 6 heteroatoms. The highest BCUT2D eigenvalue weighted by molar-refractivity contribution is 7.92. The summed E-state index contributed by atoms with van der Waals surface area (Å²) in [7, 11) is -3.28. The van der Waals surface area contributed by atoms with Gasteiger partial charge >= 0.3 is 0 Å². The Balaban J connectivity index is 1.89. The van der Waals surface area contributed by atoms with E-state index in [9.17, 15) is 13.2 Å². The molecule has 120 valence electrons. The first kappa shape index (κ1) is 15.3. The fraction of sp³-hybridized carbons (Fsp3) is 0.562. The highest BCUT2D eigenvalue weighted by atomic mass is 32.2. The molecular weight excluding hydrogens is 300 g/mol. The number of carbonyl (C=O) groups excluding carboxylic acids is 1. The van der Waals surface area contributed by atoms with Crippen LogP contribution in [-0.2, 0) is 16.4 Å². The Morgan fingerprint density at radius 1 is 1.18 bits per heavy atom. The van der Waals surface area contributed by atoms with Crippen molar-refractivity contribution >= 4 is 21.6 Å². The molecule has 1 atom stereocenters. The summed E-state index contributed by atoms with van der Waals surface area (Å²) in [6, 6.07) is 5.31. The summed E-state index contributed by atoms with van der Waals surface area (Å²) in [5, 5.41) is 0. The smallest absolute Gasteiger partial charge is 0.253 e. The molecule has 1 saturated heterocycles. The van der Waals surface area contributed by atoms with Crippen molar-refractivity contribution in [2.24, 2.45) is 0 Å². The van der Waals surface area contributed by atoms with Crippen molar-refractivity contribution in [2.75, 3.05) is 23.7 Å². The minimum absolute atomic E-state index is 0.0629. The van der Waals surface area contributed by atoms with Gasteiger partial charge in [0, 0.05) is 24.7 Å². The van der Waals surface area contributed by atoms with Crippen LogP contribution in [0.2, 0.25) is 0 Å². The van der Waals surface area contributed by atoms with E-state index in [1.807, 2.05) is 17.9 Å². The largest absolute Gasteiger partial charge is 0.339 e. The van der Waals surface area contributed by atoms with Crippen molar-refractivity contribution in [1.82, 2.24) is 4.90 Å². The maximum absolute atomic E-state index is 12.6. The molecule has 2 heterocycles. The Hall–Kier alpha value is -1.56. The fourth-order valence-corrected chi connectivity index (χ4v) is 4.78. The third kappa shape index (κ3) is 2.72. The lowest BCUT2D eigenvalue weighted by molar-refractivity contribution is 0.0724. The van der Waals surface area contributed by atoms with Crippen LogP contribution in [0.25, 0.3) is 0 Å². The maximum Gasteiger partial charge on any atom is 0.253 e. The molecule has 0 spiro atoms. The Labute approximate surface area is 132 Å². The summed E-state index contributed by atoms with van der Waals surface area (Å²) >= 11 is 0. The summed E-state index contributed by atoms with van der Waals surface area (Å²) in [6.45, 7) is 3.54. The van der Waals surface area contributed by atoms with E-state index in [0.29, 0.717) is 17.7 Å². The van der Waals surface area contributed by atoms with Crippen molar-refractivity contribution in [1.29, 1.82) is 0 Å². The number of piperidine rings is 1. The fourth-order valence-electron chi connectivity index (χ4n) is 3.52. The molecule has 0 bridgehead atoms. The Kier molecular flexibility index (Phi) is 3.89. The Morgan fingerprint density at radius 2 is 1.86 bits per heavy atom. The third-order valence-electron chi connectivity index (χ3n) is 4.48. The van der Waals surface area contributed by atoms with Gasteiger partial charge in [0.25, 0.3) is 5.91 Å². The molecule has 1 fully saturated rings. The summed E-state index contributed by atoms with van der Waals surface area (Å²) < 4.78 is 25.3. The lowest BCUT2D eigenvalue weighted by atomic mass is 10.0. The lowest BCUT2D eigenvalue weighted by Gasteiger charge is -2.27. The predicted octanol–water partition coefficient (Wildman–Crippen LogP) is 2.02. The molecule has 1 aromatic rings. The van der Waals surface area contributed by atoms with Crippen molar-refractivity contribution in [3.05, 3.63) is 29.3 Å². The van der Waals surface area contributed by atoms with E-state index >= 15 is 0 Å². The van der Waals surface area contributed by atoms with Gasteiger partial charge in [0.05, 0.1) is 11.9 Å². The number of hydrogen-bond acceptors (Lipinski definition) is 3. The molecule has 0 radical (unpaired) electrons. The third-order valence-corrected chi connectivity index (χ3v) is 5.75. The van der Waals surface area contributed by atoms with Crippen molar-refractivity contribution in [2.45, 2.75) is 38.6 Å². The second-order valence-corrected chi connectivity index (χ2v) is 8.17. The van der Waals surface area contributed by atoms with E-state index in [-0.39, 0.29) is 11.9 Å². The van der Waals surface area contributed by atoms with Crippen LogP contribution in [0.1, 0.15) is 42.1 Å². The van der Waals surface area contributed by atoms with E-state index in [2.05, 4.69) is 0 Å². The van der Waals surface area contributed by atoms with E-state index in [1.165, 1.54) is 17.0 Å². The van der Waals surface area contributed by atoms with Crippen LogP contribution in [0.3, 0.4) is 0 Å². The van der Waals surface area contributed by atoms with Gasteiger partial charge in [0.1, 0.15) is 0 Å². The van der Waals surface area contributed by atoms with Crippen LogP contribution in [0, 0.1) is 0 Å². The molecule has 22 heavy (non-hydrogen) atoms. The van der Waals surface area contributed by atoms with Gasteiger partial charge in [-0.3, -0.25) is 9.10 Å². The minimum atomic E-state index is -3.28. The highest BCUT2D eigenvalue weighted by Crippen LogP contribution is 2.35. The van der Waals surface area contributed by atoms with Crippen LogP contribution < -0.4 is 4.31 Å². The van der Waals surface area contributed by atoms with E-state index in [0.717, 1.165) is 31.5 Å². The standard InChI is InChI=1S/C16H22N2O3S/c1-12-10-14-11-13(16(19)17-8-4-3-5-9-17)6-7-15(14)18(12)22(2,20)21/h6-7,11-12H,3-5,8-10H2,1-2H3/t12-/m1/s1. The molecule has 0 aliphatic carbocycles. The summed E-state index contributed by atoms with van der Waals surface area (Å²) in [5.41, 5.74) is 2.33. The van der Waals surface area contributed by atoms with Gasteiger partial charge in [-0.15, -0.1) is 0 Å². The van der Waals surface area contributed by atoms with E-state index < -0.39 is 10.0 Å². The molecule has 1 amide bonds. The zero-order valence-electron chi connectivity index (χ0n) is 13.1. The van der Waals surface area contributed by atoms with E-state index in [1.54, 1.807) is 12.1 Å². The van der Waals surface area contributed by atoms with Crippen LogP contribution >= 0.6 is 0 Å². The Morgan fingerprint density at radius 3 is 2.50 bits per heavy atom. The first-order valence-corrected chi connectivity index (χ1v) is 9.64. The molecule has 1 aromatic carbocycles. The lowest BCUT2D eigenvalue weighted by Crippen LogP contribution is -2.35. The normalized spacial score (nSPS) is 21.8. The number of benzene rings is 1. The van der Waals surface area contributed by atoms with Crippen LogP contribution in [0.5, 0.6) is 0 Å². The zero-order valence-corrected chi connectivity index (χ0v) is 13.9. The molecule has 0 N–H and O–H groups in total. The molecule has 5 nitrogen and oxygen atoms in total. The number of rotatable bonds is 2. The van der Waals surface area contributed by atoms with Crippen molar-refractivity contribution < 1.29 is 13.2 Å². The number of anilines is 1. The molecule has 3 rings (SSSR count). The van der Waals surface area contributed by atoms with Gasteiger partial charge in [-0.2, -0.15) is 0 Å². The summed E-state index contributed by atoms with van der Waals surface area (Å²) in [5.74, 6) is 0.0629. The monoisotopic (exact) mass is 322 g/mol. The molecule has 0 unspecified atom stereocenters. The van der Waals surface area contributed by atoms with Crippen molar-refractivity contribution in [3.63, 3.8) is 0 Å². The summed E-state index contributed by atoms with van der Waals surface area (Å²) in [4.78, 5) is 14.5. The van der Waals surface area contributed by atoms with E-state index in [4.69, 9.17) is 0 Å². The number of hydrogen-bond donors (Lipinski definition) is 0. The number of fused-ring (bicyclic) bond motifs is 1. The van der Waals surface area contributed by atoms with Crippen molar-refractivity contribution in [3.8, 4) is 0 Å². The first-order valence-electron chi connectivity index (χ1n) is 7.79. The van der Waals surface area contributed by atoms with Gasteiger partial charge in [-0.25, -0.2) is 8.42 Å². The highest BCUT2D eigenvalue weighted by Gasteiger charge is 2.33. The van der Waals surface area contributed by atoms with Gasteiger partial charge in [-0.05, 0) is 56.4 Å². The first-order chi connectivity index (χ1) is 10.4. The quantitative estimate of drug-likeness (QED) is 0.837. The molecule has 2 aliphatic rings.